The number of hydrogen-bond acceptors (Lipinski definition) is 4. The van der Waals surface area contributed by atoms with E-state index in [1.54, 1.807) is 48.8 Å². The number of aromatic nitrogens is 1. The van der Waals surface area contributed by atoms with Gasteiger partial charge >= 0.3 is 0 Å². The second-order valence-corrected chi connectivity index (χ2v) is 5.94. The molecule has 0 saturated carbocycles. The van der Waals surface area contributed by atoms with E-state index in [1.165, 1.54) is 11.3 Å². The van der Waals surface area contributed by atoms with E-state index in [1.807, 2.05) is 17.7 Å². The second-order valence-electron chi connectivity index (χ2n) is 5.19. The molecule has 3 aromatic rings. The van der Waals surface area contributed by atoms with Crippen LogP contribution in [0.5, 0.6) is 0 Å². The molecule has 0 radical (unpaired) electrons. The number of anilines is 2. The smallest absolute Gasteiger partial charge is 0.256 e. The van der Waals surface area contributed by atoms with Gasteiger partial charge in [0, 0.05) is 34.7 Å². The first-order chi connectivity index (χ1) is 11.6. The average molecular weight is 337 g/mol. The minimum absolute atomic E-state index is 0.180. The third-order valence-electron chi connectivity index (χ3n) is 3.42. The van der Waals surface area contributed by atoms with Crippen LogP contribution in [-0.2, 0) is 0 Å². The summed E-state index contributed by atoms with van der Waals surface area (Å²) in [6.45, 7) is 1.89. The Labute approximate surface area is 143 Å². The molecule has 5 nitrogen and oxygen atoms in total. The van der Waals surface area contributed by atoms with Gasteiger partial charge < -0.3 is 10.6 Å². The lowest BCUT2D eigenvalue weighted by Gasteiger charge is -2.08. The molecule has 0 bridgehead atoms. The highest BCUT2D eigenvalue weighted by Gasteiger charge is 2.12. The van der Waals surface area contributed by atoms with Crippen LogP contribution in [0.1, 0.15) is 26.3 Å². The van der Waals surface area contributed by atoms with Crippen LogP contribution >= 0.6 is 11.3 Å². The molecule has 2 heterocycles. The Morgan fingerprint density at radius 2 is 1.71 bits per heavy atom. The van der Waals surface area contributed by atoms with E-state index >= 15 is 0 Å². The minimum Gasteiger partial charge on any atom is -0.322 e. The lowest BCUT2D eigenvalue weighted by molar-refractivity contribution is 0.101. The molecule has 0 aliphatic rings. The highest BCUT2D eigenvalue weighted by atomic mass is 32.1. The SMILES string of the molecule is Cc1cscc1C(=O)Nc1cccc(C(=O)Nc2ccncc2)c1. The van der Waals surface area contributed by atoms with Crippen molar-refractivity contribution in [3.05, 3.63) is 76.2 Å². The number of thiophene rings is 1. The van der Waals surface area contributed by atoms with Crippen LogP contribution in [0.15, 0.2) is 59.6 Å². The lowest BCUT2D eigenvalue weighted by Crippen LogP contribution is -2.14. The summed E-state index contributed by atoms with van der Waals surface area (Å²) in [7, 11) is 0. The summed E-state index contributed by atoms with van der Waals surface area (Å²) in [4.78, 5) is 28.5. The molecule has 2 N–H and O–H groups in total. The Morgan fingerprint density at radius 3 is 2.42 bits per heavy atom. The highest BCUT2D eigenvalue weighted by Crippen LogP contribution is 2.18. The number of pyridine rings is 1. The molecule has 0 unspecified atom stereocenters. The molecular formula is C18H15N3O2S. The zero-order chi connectivity index (χ0) is 16.9. The van der Waals surface area contributed by atoms with Gasteiger partial charge in [-0.2, -0.15) is 11.3 Å². The van der Waals surface area contributed by atoms with E-state index in [2.05, 4.69) is 15.6 Å². The van der Waals surface area contributed by atoms with Crippen LogP contribution in [0.4, 0.5) is 11.4 Å². The summed E-state index contributed by atoms with van der Waals surface area (Å²) in [5, 5.41) is 9.34. The number of amides is 2. The summed E-state index contributed by atoms with van der Waals surface area (Å²) < 4.78 is 0. The molecule has 1 aromatic carbocycles. The number of carbonyl (C=O) groups excluding carboxylic acids is 2. The molecular weight excluding hydrogens is 322 g/mol. The molecule has 0 saturated heterocycles. The standard InChI is InChI=1S/C18H15N3O2S/c1-12-10-24-11-16(12)18(23)21-15-4-2-3-13(9-15)17(22)20-14-5-7-19-8-6-14/h2-11H,1H3,(H,21,23)(H,19,20,22). The predicted octanol–water partition coefficient (Wildman–Crippen LogP) is 3.96. The van der Waals surface area contributed by atoms with E-state index in [4.69, 9.17) is 0 Å². The fraction of sp³-hybridized carbons (Fsp3) is 0.0556. The van der Waals surface area contributed by atoms with Gasteiger partial charge in [-0.3, -0.25) is 14.6 Å². The average Bonchev–Trinajstić information content (AvgIpc) is 3.02. The maximum Gasteiger partial charge on any atom is 0.256 e. The van der Waals surface area contributed by atoms with E-state index < -0.39 is 0 Å². The molecule has 24 heavy (non-hydrogen) atoms. The van der Waals surface area contributed by atoms with E-state index in [-0.39, 0.29) is 11.8 Å². The predicted molar refractivity (Wildman–Crippen MR) is 95.6 cm³/mol. The van der Waals surface area contributed by atoms with Crippen LogP contribution in [0, 0.1) is 6.92 Å². The number of aryl methyl sites for hydroxylation is 1. The van der Waals surface area contributed by atoms with Crippen molar-refractivity contribution in [2.24, 2.45) is 0 Å². The van der Waals surface area contributed by atoms with Crippen LogP contribution in [0.25, 0.3) is 0 Å². The molecule has 2 aromatic heterocycles. The molecule has 0 atom stereocenters. The zero-order valence-corrected chi connectivity index (χ0v) is 13.8. The maximum absolute atomic E-state index is 12.3. The lowest BCUT2D eigenvalue weighted by atomic mass is 10.1. The third-order valence-corrected chi connectivity index (χ3v) is 4.28. The molecule has 6 heteroatoms. The van der Waals surface area contributed by atoms with Crippen molar-refractivity contribution in [2.45, 2.75) is 6.92 Å². The number of rotatable bonds is 4. The number of carbonyl (C=O) groups is 2. The fourth-order valence-corrected chi connectivity index (χ4v) is 3.00. The van der Waals surface area contributed by atoms with Gasteiger partial charge in [0.25, 0.3) is 11.8 Å². The minimum atomic E-state index is -0.246. The summed E-state index contributed by atoms with van der Waals surface area (Å²) in [6.07, 6.45) is 3.21. The summed E-state index contributed by atoms with van der Waals surface area (Å²) >= 11 is 1.48. The first-order valence-electron chi connectivity index (χ1n) is 7.29. The van der Waals surface area contributed by atoms with Crippen molar-refractivity contribution in [1.82, 2.24) is 4.98 Å². The second kappa shape index (κ2) is 7.06. The van der Waals surface area contributed by atoms with Gasteiger partial charge in [0.1, 0.15) is 0 Å². The quantitative estimate of drug-likeness (QED) is 0.757. The Hall–Kier alpha value is -2.99. The van der Waals surface area contributed by atoms with Crippen molar-refractivity contribution < 1.29 is 9.59 Å². The number of benzene rings is 1. The van der Waals surface area contributed by atoms with E-state index in [0.717, 1.165) is 5.56 Å². The van der Waals surface area contributed by atoms with Gasteiger partial charge in [-0.15, -0.1) is 0 Å². The number of nitrogens with zero attached hydrogens (tertiary/aromatic N) is 1. The van der Waals surface area contributed by atoms with Crippen LogP contribution < -0.4 is 10.6 Å². The van der Waals surface area contributed by atoms with Gasteiger partial charge in [-0.25, -0.2) is 0 Å². The molecule has 0 aliphatic heterocycles. The number of nitrogens with one attached hydrogen (secondary N) is 2. The van der Waals surface area contributed by atoms with Crippen molar-refractivity contribution in [3.8, 4) is 0 Å². The van der Waals surface area contributed by atoms with Crippen LogP contribution in [0.3, 0.4) is 0 Å². The van der Waals surface area contributed by atoms with Crippen LogP contribution in [0.2, 0.25) is 0 Å². The largest absolute Gasteiger partial charge is 0.322 e. The van der Waals surface area contributed by atoms with Gasteiger partial charge in [0.15, 0.2) is 0 Å². The third kappa shape index (κ3) is 3.67. The zero-order valence-electron chi connectivity index (χ0n) is 12.9. The highest BCUT2D eigenvalue weighted by molar-refractivity contribution is 7.08. The summed E-state index contributed by atoms with van der Waals surface area (Å²) in [6, 6.07) is 10.3. The normalized spacial score (nSPS) is 10.2. The maximum atomic E-state index is 12.3. The first-order valence-corrected chi connectivity index (χ1v) is 8.23. The first kappa shape index (κ1) is 15.9. The molecule has 0 aliphatic carbocycles. The molecule has 0 fully saturated rings. The van der Waals surface area contributed by atoms with Gasteiger partial charge in [-0.1, -0.05) is 6.07 Å². The topological polar surface area (TPSA) is 71.1 Å². The molecule has 3 rings (SSSR count). The Bertz CT molecular complexity index is 875. The van der Waals surface area contributed by atoms with Gasteiger partial charge in [-0.05, 0) is 48.2 Å². The van der Waals surface area contributed by atoms with E-state index in [9.17, 15) is 9.59 Å². The molecule has 0 spiro atoms. The van der Waals surface area contributed by atoms with Crippen molar-refractivity contribution >= 4 is 34.5 Å². The number of hydrogen-bond donors (Lipinski definition) is 2. The Morgan fingerprint density at radius 1 is 0.958 bits per heavy atom. The van der Waals surface area contributed by atoms with Gasteiger partial charge in [0.05, 0.1) is 5.56 Å². The van der Waals surface area contributed by atoms with Gasteiger partial charge in [0.2, 0.25) is 0 Å². The van der Waals surface area contributed by atoms with Crippen molar-refractivity contribution in [2.75, 3.05) is 10.6 Å². The molecule has 2 amide bonds. The van der Waals surface area contributed by atoms with Crippen LogP contribution in [-0.4, -0.2) is 16.8 Å². The fourth-order valence-electron chi connectivity index (χ4n) is 2.17. The van der Waals surface area contributed by atoms with E-state index in [0.29, 0.717) is 22.5 Å². The molecule has 120 valence electrons. The van der Waals surface area contributed by atoms with Crippen molar-refractivity contribution in [1.29, 1.82) is 0 Å². The summed E-state index contributed by atoms with van der Waals surface area (Å²) in [5.41, 5.74) is 3.29. The Kier molecular flexibility index (Phi) is 4.67. The summed E-state index contributed by atoms with van der Waals surface area (Å²) in [5.74, 6) is -0.426. The van der Waals surface area contributed by atoms with Crippen molar-refractivity contribution in [3.63, 3.8) is 0 Å². The Balaban J connectivity index is 1.73. The monoisotopic (exact) mass is 337 g/mol.